The van der Waals surface area contributed by atoms with E-state index in [1.165, 1.54) is 0 Å². The van der Waals surface area contributed by atoms with E-state index in [-0.39, 0.29) is 0 Å². The van der Waals surface area contributed by atoms with Crippen molar-refractivity contribution in [2.24, 2.45) is 0 Å². The molecule has 0 aliphatic rings. The van der Waals surface area contributed by atoms with Crippen LogP contribution in [0.5, 0.6) is 0 Å². The van der Waals surface area contributed by atoms with Gasteiger partial charge in [-0.15, -0.1) is 11.3 Å². The first kappa shape index (κ1) is 11.3. The highest BCUT2D eigenvalue weighted by molar-refractivity contribution is 7.09. The van der Waals surface area contributed by atoms with Gasteiger partial charge >= 0.3 is 0 Å². The van der Waals surface area contributed by atoms with Gasteiger partial charge < -0.3 is 9.88 Å². The molecule has 0 amide bonds. The van der Waals surface area contributed by atoms with E-state index < -0.39 is 0 Å². The van der Waals surface area contributed by atoms with Crippen molar-refractivity contribution in [3.63, 3.8) is 0 Å². The predicted molar refractivity (Wildman–Crippen MR) is 65.5 cm³/mol. The van der Waals surface area contributed by atoms with Crippen molar-refractivity contribution in [3.8, 4) is 0 Å². The molecule has 0 spiro atoms. The highest BCUT2D eigenvalue weighted by atomic mass is 32.1. The molecule has 5 heteroatoms. The Balaban J connectivity index is 1.78. The van der Waals surface area contributed by atoms with Gasteiger partial charge in [-0.2, -0.15) is 0 Å². The van der Waals surface area contributed by atoms with Crippen LogP contribution in [0.3, 0.4) is 0 Å². The Hall–Kier alpha value is -1.20. The molecule has 1 atom stereocenters. The number of imidazole rings is 1. The summed E-state index contributed by atoms with van der Waals surface area (Å²) in [4.78, 5) is 8.47. The Morgan fingerprint density at radius 1 is 1.56 bits per heavy atom. The van der Waals surface area contributed by atoms with E-state index >= 15 is 0 Å². The molecular weight excluding hydrogens is 220 g/mol. The number of aromatic nitrogens is 3. The van der Waals surface area contributed by atoms with E-state index in [1.54, 1.807) is 17.5 Å². The number of hydrogen-bond acceptors (Lipinski definition) is 4. The third-order valence-corrected chi connectivity index (χ3v) is 3.25. The maximum Gasteiger partial charge on any atom is 0.0946 e. The normalized spacial score (nSPS) is 12.9. The number of hydrogen-bond donors (Lipinski definition) is 1. The average Bonchev–Trinajstić information content (AvgIpc) is 2.89. The van der Waals surface area contributed by atoms with E-state index in [0.29, 0.717) is 6.04 Å². The first-order valence-corrected chi connectivity index (χ1v) is 6.25. The fraction of sp³-hybridized carbons (Fsp3) is 0.455. The minimum Gasteiger partial charge on any atom is -0.336 e. The van der Waals surface area contributed by atoms with E-state index in [0.717, 1.165) is 23.8 Å². The average molecular weight is 236 g/mol. The fourth-order valence-corrected chi connectivity index (χ4v) is 2.22. The monoisotopic (exact) mass is 236 g/mol. The second-order valence-electron chi connectivity index (χ2n) is 3.77. The molecule has 0 aromatic carbocycles. The van der Waals surface area contributed by atoms with Crippen molar-refractivity contribution in [2.45, 2.75) is 26.4 Å². The molecule has 1 unspecified atom stereocenters. The van der Waals surface area contributed by atoms with Crippen LogP contribution in [0.25, 0.3) is 0 Å². The summed E-state index contributed by atoms with van der Waals surface area (Å²) in [5.41, 5.74) is 1.13. The first-order chi connectivity index (χ1) is 7.75. The first-order valence-electron chi connectivity index (χ1n) is 5.37. The van der Waals surface area contributed by atoms with Crippen LogP contribution in [-0.2, 0) is 6.54 Å². The molecule has 86 valence electrons. The molecule has 2 aromatic rings. The van der Waals surface area contributed by atoms with Gasteiger partial charge in [-0.05, 0) is 13.8 Å². The fourth-order valence-electron chi connectivity index (χ4n) is 1.51. The van der Waals surface area contributed by atoms with Gasteiger partial charge in [0.15, 0.2) is 0 Å². The lowest BCUT2D eigenvalue weighted by Gasteiger charge is -2.11. The summed E-state index contributed by atoms with van der Waals surface area (Å²) in [5, 5.41) is 6.68. The van der Waals surface area contributed by atoms with Crippen LogP contribution in [0.1, 0.15) is 23.7 Å². The molecule has 0 bridgehead atoms. The van der Waals surface area contributed by atoms with Crippen molar-refractivity contribution in [3.05, 3.63) is 34.8 Å². The van der Waals surface area contributed by atoms with Crippen LogP contribution < -0.4 is 5.32 Å². The van der Waals surface area contributed by atoms with Gasteiger partial charge in [0, 0.05) is 36.9 Å². The molecule has 1 N–H and O–H groups in total. The van der Waals surface area contributed by atoms with Crippen LogP contribution in [0.2, 0.25) is 0 Å². The van der Waals surface area contributed by atoms with Crippen molar-refractivity contribution in [2.75, 3.05) is 6.54 Å². The van der Waals surface area contributed by atoms with E-state index in [9.17, 15) is 0 Å². The minimum absolute atomic E-state index is 0.313. The summed E-state index contributed by atoms with van der Waals surface area (Å²) >= 11 is 1.70. The van der Waals surface area contributed by atoms with E-state index in [2.05, 4.69) is 32.2 Å². The van der Waals surface area contributed by atoms with E-state index in [4.69, 9.17) is 0 Å². The zero-order valence-corrected chi connectivity index (χ0v) is 10.4. The van der Waals surface area contributed by atoms with E-state index in [1.807, 2.05) is 19.4 Å². The lowest BCUT2D eigenvalue weighted by Crippen LogP contribution is -2.23. The summed E-state index contributed by atoms with van der Waals surface area (Å²) in [6.45, 7) is 6.04. The topological polar surface area (TPSA) is 42.7 Å². The molecule has 2 rings (SSSR count). The predicted octanol–water partition coefficient (Wildman–Crippen LogP) is 2.00. The number of thiazole rings is 1. The summed E-state index contributed by atoms with van der Waals surface area (Å²) in [7, 11) is 0. The standard InChI is InChI=1S/C11H16N4S/c1-9(11-7-16-10(2)14-11)13-4-6-15-5-3-12-8-15/h3,5,7-9,13H,4,6H2,1-2H3. The Morgan fingerprint density at radius 3 is 3.06 bits per heavy atom. The molecule has 2 heterocycles. The number of nitrogens with one attached hydrogen (secondary N) is 1. The molecule has 4 nitrogen and oxygen atoms in total. The van der Waals surface area contributed by atoms with Crippen LogP contribution in [0, 0.1) is 6.92 Å². The van der Waals surface area contributed by atoms with Crippen molar-refractivity contribution < 1.29 is 0 Å². The zero-order chi connectivity index (χ0) is 11.4. The molecule has 0 fully saturated rings. The second-order valence-corrected chi connectivity index (χ2v) is 4.83. The lowest BCUT2D eigenvalue weighted by molar-refractivity contribution is 0.524. The number of aryl methyl sites for hydroxylation is 1. The molecule has 0 radical (unpaired) electrons. The van der Waals surface area contributed by atoms with Gasteiger partial charge in [-0.1, -0.05) is 0 Å². The molecule has 2 aromatic heterocycles. The molecule has 0 aliphatic heterocycles. The molecular formula is C11H16N4S. The van der Waals surface area contributed by atoms with Crippen LogP contribution in [0.4, 0.5) is 0 Å². The maximum absolute atomic E-state index is 4.46. The molecule has 0 saturated carbocycles. The van der Waals surface area contributed by atoms with Gasteiger partial charge in [-0.3, -0.25) is 0 Å². The Bertz CT molecular complexity index is 421. The molecule has 16 heavy (non-hydrogen) atoms. The van der Waals surface area contributed by atoms with Gasteiger partial charge in [0.1, 0.15) is 0 Å². The van der Waals surface area contributed by atoms with Crippen LogP contribution in [0.15, 0.2) is 24.1 Å². The quantitative estimate of drug-likeness (QED) is 0.863. The summed E-state index contributed by atoms with van der Waals surface area (Å²) < 4.78 is 2.06. The third kappa shape index (κ3) is 2.90. The third-order valence-electron chi connectivity index (χ3n) is 2.46. The zero-order valence-electron chi connectivity index (χ0n) is 9.55. The second kappa shape index (κ2) is 5.23. The molecule has 0 saturated heterocycles. The number of rotatable bonds is 5. The van der Waals surface area contributed by atoms with Crippen molar-refractivity contribution in [1.82, 2.24) is 19.9 Å². The van der Waals surface area contributed by atoms with Gasteiger partial charge in [-0.25, -0.2) is 9.97 Å². The Kier molecular flexibility index (Phi) is 3.69. The Labute approximate surface area is 99.4 Å². The highest BCUT2D eigenvalue weighted by Crippen LogP contribution is 2.15. The summed E-state index contributed by atoms with van der Waals surface area (Å²) in [6.07, 6.45) is 5.60. The Morgan fingerprint density at radius 2 is 2.44 bits per heavy atom. The maximum atomic E-state index is 4.46. The summed E-state index contributed by atoms with van der Waals surface area (Å²) in [6, 6.07) is 0.313. The van der Waals surface area contributed by atoms with Gasteiger partial charge in [0.2, 0.25) is 0 Å². The SMILES string of the molecule is Cc1nc(C(C)NCCn2ccnc2)cs1. The summed E-state index contributed by atoms with van der Waals surface area (Å²) in [5.74, 6) is 0. The minimum atomic E-state index is 0.313. The number of nitrogens with zero attached hydrogens (tertiary/aromatic N) is 3. The van der Waals surface area contributed by atoms with Gasteiger partial charge in [0.25, 0.3) is 0 Å². The van der Waals surface area contributed by atoms with Crippen molar-refractivity contribution in [1.29, 1.82) is 0 Å². The highest BCUT2D eigenvalue weighted by Gasteiger charge is 2.07. The molecule has 0 aliphatic carbocycles. The van der Waals surface area contributed by atoms with Crippen LogP contribution >= 0.6 is 11.3 Å². The lowest BCUT2D eigenvalue weighted by atomic mass is 10.2. The largest absolute Gasteiger partial charge is 0.336 e. The van der Waals surface area contributed by atoms with Crippen LogP contribution in [-0.4, -0.2) is 21.1 Å². The smallest absolute Gasteiger partial charge is 0.0946 e. The van der Waals surface area contributed by atoms with Gasteiger partial charge in [0.05, 0.1) is 17.0 Å². The van der Waals surface area contributed by atoms with Crippen molar-refractivity contribution >= 4 is 11.3 Å².